The normalized spacial score (nSPS) is 13.3. The third-order valence-electron chi connectivity index (χ3n) is 2.46. The molecule has 4 nitrogen and oxygen atoms in total. The van der Waals surface area contributed by atoms with E-state index in [1.165, 1.54) is 6.07 Å². The predicted octanol–water partition coefficient (Wildman–Crippen LogP) is 2.02. The van der Waals surface area contributed by atoms with E-state index in [-0.39, 0.29) is 30.3 Å². The molecule has 2 atom stereocenters. The molecule has 1 rings (SSSR count). The standard InChI is InChI=1S/C12H16FNO3.ClH/c1-3-17-12(16)9(13)10(14)8-6-4-5-7(2)11(8)15;/h4-6,9-10,15H,3,14H2,1-2H3;1H/t9?,10-;/m1./s1. The van der Waals surface area contributed by atoms with Gasteiger partial charge in [-0.05, 0) is 19.4 Å². The summed E-state index contributed by atoms with van der Waals surface area (Å²) in [5, 5.41) is 9.73. The van der Waals surface area contributed by atoms with E-state index in [2.05, 4.69) is 4.74 Å². The first-order valence-corrected chi connectivity index (χ1v) is 5.33. The molecule has 18 heavy (non-hydrogen) atoms. The number of carbonyl (C=O) groups is 1. The molecule has 0 bridgehead atoms. The lowest BCUT2D eigenvalue weighted by Crippen LogP contribution is -2.31. The van der Waals surface area contributed by atoms with Crippen molar-refractivity contribution in [2.24, 2.45) is 5.73 Å². The van der Waals surface area contributed by atoms with Crippen LogP contribution in [0.4, 0.5) is 4.39 Å². The van der Waals surface area contributed by atoms with Gasteiger partial charge in [0.2, 0.25) is 6.17 Å². The summed E-state index contributed by atoms with van der Waals surface area (Å²) < 4.78 is 18.2. The van der Waals surface area contributed by atoms with Crippen molar-refractivity contribution in [3.8, 4) is 5.75 Å². The Morgan fingerprint density at radius 3 is 2.72 bits per heavy atom. The van der Waals surface area contributed by atoms with E-state index < -0.39 is 18.2 Å². The molecule has 0 aliphatic rings. The molecule has 0 aliphatic carbocycles. The summed E-state index contributed by atoms with van der Waals surface area (Å²) in [5.74, 6) is -1.10. The minimum absolute atomic E-state index is 0. The average molecular weight is 278 g/mol. The number of phenolic OH excluding ortho intramolecular Hbond substituents is 1. The molecule has 1 aromatic rings. The fourth-order valence-electron chi connectivity index (χ4n) is 1.48. The van der Waals surface area contributed by atoms with Gasteiger partial charge in [-0.15, -0.1) is 12.4 Å². The van der Waals surface area contributed by atoms with Crippen molar-refractivity contribution in [1.82, 2.24) is 0 Å². The summed E-state index contributed by atoms with van der Waals surface area (Å²) in [6.45, 7) is 3.34. The zero-order valence-electron chi connectivity index (χ0n) is 10.2. The number of rotatable bonds is 4. The number of aryl methyl sites for hydroxylation is 1. The van der Waals surface area contributed by atoms with E-state index in [4.69, 9.17) is 5.73 Å². The number of phenols is 1. The highest BCUT2D eigenvalue weighted by atomic mass is 35.5. The fourth-order valence-corrected chi connectivity index (χ4v) is 1.48. The second kappa shape index (κ2) is 7.18. The summed E-state index contributed by atoms with van der Waals surface area (Å²) in [4.78, 5) is 11.2. The van der Waals surface area contributed by atoms with Crippen LogP contribution in [-0.2, 0) is 9.53 Å². The molecular weight excluding hydrogens is 261 g/mol. The van der Waals surface area contributed by atoms with Crippen LogP contribution in [0.1, 0.15) is 24.1 Å². The van der Waals surface area contributed by atoms with E-state index in [0.717, 1.165) is 0 Å². The van der Waals surface area contributed by atoms with Crippen LogP contribution in [0.5, 0.6) is 5.75 Å². The Morgan fingerprint density at radius 2 is 2.17 bits per heavy atom. The van der Waals surface area contributed by atoms with Crippen LogP contribution in [0, 0.1) is 6.92 Å². The van der Waals surface area contributed by atoms with Gasteiger partial charge in [0.15, 0.2) is 0 Å². The number of halogens is 2. The number of hydrogen-bond acceptors (Lipinski definition) is 4. The molecule has 0 fully saturated rings. The Balaban J connectivity index is 0.00000289. The van der Waals surface area contributed by atoms with E-state index in [1.807, 2.05) is 0 Å². The van der Waals surface area contributed by atoms with E-state index >= 15 is 0 Å². The Labute approximate surface area is 111 Å². The zero-order valence-corrected chi connectivity index (χ0v) is 11.0. The van der Waals surface area contributed by atoms with Gasteiger partial charge in [-0.25, -0.2) is 9.18 Å². The smallest absolute Gasteiger partial charge is 0.342 e. The lowest BCUT2D eigenvalue weighted by molar-refractivity contribution is -0.149. The largest absolute Gasteiger partial charge is 0.507 e. The monoisotopic (exact) mass is 277 g/mol. The van der Waals surface area contributed by atoms with E-state index in [9.17, 15) is 14.3 Å². The maximum absolute atomic E-state index is 13.7. The number of para-hydroxylation sites is 1. The molecule has 0 spiro atoms. The average Bonchev–Trinajstić information content (AvgIpc) is 2.31. The van der Waals surface area contributed by atoms with Gasteiger partial charge in [0.1, 0.15) is 5.75 Å². The van der Waals surface area contributed by atoms with Crippen molar-refractivity contribution in [3.05, 3.63) is 29.3 Å². The van der Waals surface area contributed by atoms with Crippen molar-refractivity contribution in [2.45, 2.75) is 26.1 Å². The summed E-state index contributed by atoms with van der Waals surface area (Å²) >= 11 is 0. The molecule has 0 heterocycles. The number of nitrogens with two attached hydrogens (primary N) is 1. The van der Waals surface area contributed by atoms with Gasteiger partial charge in [-0.1, -0.05) is 18.2 Å². The maximum atomic E-state index is 13.7. The Hall–Kier alpha value is -1.33. The molecule has 0 amide bonds. The van der Waals surface area contributed by atoms with Gasteiger partial charge in [0, 0.05) is 5.56 Å². The van der Waals surface area contributed by atoms with Crippen LogP contribution in [-0.4, -0.2) is 23.9 Å². The van der Waals surface area contributed by atoms with Gasteiger partial charge in [0.25, 0.3) is 0 Å². The minimum Gasteiger partial charge on any atom is -0.507 e. The molecule has 0 aliphatic heterocycles. The maximum Gasteiger partial charge on any atom is 0.342 e. The summed E-state index contributed by atoms with van der Waals surface area (Å²) in [5.41, 5.74) is 6.38. The van der Waals surface area contributed by atoms with Crippen LogP contribution < -0.4 is 5.73 Å². The number of benzene rings is 1. The van der Waals surface area contributed by atoms with Gasteiger partial charge in [0.05, 0.1) is 12.6 Å². The third kappa shape index (κ3) is 3.58. The molecule has 0 aromatic heterocycles. The first-order valence-electron chi connectivity index (χ1n) is 5.33. The van der Waals surface area contributed by atoms with Crippen molar-refractivity contribution in [1.29, 1.82) is 0 Å². The van der Waals surface area contributed by atoms with Crippen molar-refractivity contribution >= 4 is 18.4 Å². The zero-order chi connectivity index (χ0) is 13.0. The summed E-state index contributed by atoms with van der Waals surface area (Å²) in [6.07, 6.45) is -1.98. The molecule has 1 unspecified atom stereocenters. The summed E-state index contributed by atoms with van der Waals surface area (Å²) in [7, 11) is 0. The van der Waals surface area contributed by atoms with Crippen LogP contribution >= 0.6 is 12.4 Å². The minimum atomic E-state index is -1.98. The molecule has 1 aromatic carbocycles. The molecule has 3 N–H and O–H groups in total. The molecule has 0 saturated carbocycles. The first-order chi connectivity index (χ1) is 7.99. The lowest BCUT2D eigenvalue weighted by atomic mass is 10.00. The number of carbonyl (C=O) groups excluding carboxylic acids is 1. The van der Waals surface area contributed by atoms with Gasteiger partial charge in [-0.3, -0.25) is 0 Å². The van der Waals surface area contributed by atoms with Crippen LogP contribution in [0.2, 0.25) is 0 Å². The molecule has 0 saturated heterocycles. The fraction of sp³-hybridized carbons (Fsp3) is 0.417. The van der Waals surface area contributed by atoms with E-state index in [0.29, 0.717) is 5.56 Å². The highest BCUT2D eigenvalue weighted by Gasteiger charge is 2.29. The lowest BCUT2D eigenvalue weighted by Gasteiger charge is -2.17. The second-order valence-corrected chi connectivity index (χ2v) is 3.69. The SMILES string of the molecule is CCOC(=O)C(F)[C@H](N)c1cccc(C)c1O.Cl. The predicted molar refractivity (Wildman–Crippen MR) is 68.5 cm³/mol. The first kappa shape index (κ1) is 16.7. The summed E-state index contributed by atoms with van der Waals surface area (Å²) in [6, 6.07) is 3.57. The number of aromatic hydroxyl groups is 1. The Kier molecular flexibility index (Phi) is 6.65. The van der Waals surface area contributed by atoms with E-state index in [1.54, 1.807) is 26.0 Å². The van der Waals surface area contributed by atoms with Crippen LogP contribution in [0.3, 0.4) is 0 Å². The topological polar surface area (TPSA) is 72.5 Å². The van der Waals surface area contributed by atoms with Gasteiger partial charge in [-0.2, -0.15) is 0 Å². The van der Waals surface area contributed by atoms with Crippen LogP contribution in [0.25, 0.3) is 0 Å². The van der Waals surface area contributed by atoms with Gasteiger partial charge >= 0.3 is 5.97 Å². The Bertz CT molecular complexity index is 414. The molecular formula is C12H17ClFNO3. The van der Waals surface area contributed by atoms with Crippen molar-refractivity contribution in [2.75, 3.05) is 6.61 Å². The molecule has 0 radical (unpaired) electrons. The number of hydrogen-bond donors (Lipinski definition) is 2. The third-order valence-corrected chi connectivity index (χ3v) is 2.46. The second-order valence-electron chi connectivity index (χ2n) is 3.69. The number of ether oxygens (including phenoxy) is 1. The quantitative estimate of drug-likeness (QED) is 0.826. The number of alkyl halides is 1. The number of esters is 1. The molecule has 102 valence electrons. The van der Waals surface area contributed by atoms with Crippen molar-refractivity contribution in [3.63, 3.8) is 0 Å². The molecule has 6 heteroatoms. The van der Waals surface area contributed by atoms with Crippen LogP contribution in [0.15, 0.2) is 18.2 Å². The highest BCUT2D eigenvalue weighted by Crippen LogP contribution is 2.29. The Morgan fingerprint density at radius 1 is 1.56 bits per heavy atom. The highest BCUT2D eigenvalue weighted by molar-refractivity contribution is 5.85. The van der Waals surface area contributed by atoms with Gasteiger partial charge < -0.3 is 15.6 Å². The van der Waals surface area contributed by atoms with Crippen molar-refractivity contribution < 1.29 is 19.0 Å².